The zero-order chi connectivity index (χ0) is 16.9. The van der Waals surface area contributed by atoms with Crippen molar-refractivity contribution in [2.24, 2.45) is 5.73 Å². The fourth-order valence-corrected chi connectivity index (χ4v) is 3.29. The first kappa shape index (κ1) is 15.5. The third-order valence-electron chi connectivity index (χ3n) is 4.36. The van der Waals surface area contributed by atoms with Crippen LogP contribution in [0, 0.1) is 20.8 Å². The number of hydrogen-bond acceptors (Lipinski definition) is 3. The molecule has 0 aliphatic carbocycles. The predicted octanol–water partition coefficient (Wildman–Crippen LogP) is 1.23. The highest BCUT2D eigenvalue weighted by Gasteiger charge is 2.21. The minimum atomic E-state index is -0.361. The quantitative estimate of drug-likeness (QED) is 0.841. The molecule has 1 aliphatic heterocycles. The van der Waals surface area contributed by atoms with E-state index in [2.05, 4.69) is 0 Å². The van der Waals surface area contributed by atoms with Gasteiger partial charge in [0.1, 0.15) is 4.99 Å². The van der Waals surface area contributed by atoms with Crippen LogP contribution in [0.25, 0.3) is 11.9 Å². The Labute approximate surface area is 138 Å². The summed E-state index contributed by atoms with van der Waals surface area (Å²) < 4.78 is 4.05. The maximum Gasteiger partial charge on any atom is 0.356 e. The number of allylic oxidation sites excluding steroid dienone is 1. The van der Waals surface area contributed by atoms with E-state index in [9.17, 15) is 9.59 Å². The number of aryl methyl sites for hydroxylation is 1. The van der Waals surface area contributed by atoms with Crippen LogP contribution in [0.1, 0.15) is 28.7 Å². The fourth-order valence-electron chi connectivity index (χ4n) is 3.07. The van der Waals surface area contributed by atoms with Crippen molar-refractivity contribution >= 4 is 23.4 Å². The van der Waals surface area contributed by atoms with Gasteiger partial charge in [0.25, 0.3) is 0 Å². The summed E-state index contributed by atoms with van der Waals surface area (Å²) in [6, 6.07) is 1.84. The average molecular weight is 330 g/mol. The van der Waals surface area contributed by atoms with Crippen molar-refractivity contribution in [1.29, 1.82) is 0 Å². The molecule has 1 aromatic heterocycles. The van der Waals surface area contributed by atoms with E-state index in [1.54, 1.807) is 6.20 Å². The molecular weight excluding hydrogens is 312 g/mol. The van der Waals surface area contributed by atoms with Gasteiger partial charge in [-0.3, -0.25) is 0 Å². The van der Waals surface area contributed by atoms with Crippen LogP contribution < -0.4 is 17.1 Å². The van der Waals surface area contributed by atoms with Crippen LogP contribution >= 0.6 is 12.2 Å². The molecule has 23 heavy (non-hydrogen) atoms. The molecule has 7 heteroatoms. The summed E-state index contributed by atoms with van der Waals surface area (Å²) >= 11 is 5.08. The molecule has 0 atom stereocenters. The molecule has 0 saturated heterocycles. The Bertz CT molecular complexity index is 975. The van der Waals surface area contributed by atoms with E-state index in [-0.39, 0.29) is 11.4 Å². The van der Waals surface area contributed by atoms with Gasteiger partial charge in [-0.15, -0.1) is 0 Å². The van der Waals surface area contributed by atoms with Crippen LogP contribution in [0.15, 0.2) is 21.7 Å². The van der Waals surface area contributed by atoms with Crippen LogP contribution in [0.2, 0.25) is 0 Å². The summed E-state index contributed by atoms with van der Waals surface area (Å²) in [6.45, 7) is 6.13. The first-order valence-corrected chi connectivity index (χ1v) is 7.77. The van der Waals surface area contributed by atoms with Crippen molar-refractivity contribution in [3.8, 4) is 5.69 Å². The smallest absolute Gasteiger partial charge is 0.356 e. The fraction of sp³-hybridized carbons (Fsp3) is 0.312. The van der Waals surface area contributed by atoms with E-state index < -0.39 is 0 Å². The highest BCUT2D eigenvalue weighted by molar-refractivity contribution is 7.80. The number of benzene rings is 1. The molecule has 0 spiro atoms. The van der Waals surface area contributed by atoms with Gasteiger partial charge in [-0.25, -0.2) is 23.5 Å². The van der Waals surface area contributed by atoms with Gasteiger partial charge in [0.05, 0.1) is 5.69 Å². The molecule has 1 aromatic carbocycles. The number of rotatable bonds is 2. The van der Waals surface area contributed by atoms with Gasteiger partial charge in [-0.1, -0.05) is 18.3 Å². The second-order valence-electron chi connectivity index (χ2n) is 5.75. The van der Waals surface area contributed by atoms with Crippen molar-refractivity contribution < 1.29 is 0 Å². The van der Waals surface area contributed by atoms with Crippen LogP contribution in [-0.4, -0.2) is 18.9 Å². The van der Waals surface area contributed by atoms with E-state index in [4.69, 9.17) is 18.0 Å². The lowest BCUT2D eigenvalue weighted by Gasteiger charge is -2.15. The van der Waals surface area contributed by atoms with Crippen molar-refractivity contribution in [3.63, 3.8) is 0 Å². The zero-order valence-corrected chi connectivity index (χ0v) is 14.1. The average Bonchev–Trinajstić information content (AvgIpc) is 2.76. The molecule has 0 unspecified atom stereocenters. The molecule has 2 N–H and O–H groups in total. The van der Waals surface area contributed by atoms with Crippen molar-refractivity contribution in [3.05, 3.63) is 55.4 Å². The Balaban J connectivity index is 2.38. The molecule has 6 nitrogen and oxygen atoms in total. The highest BCUT2D eigenvalue weighted by Crippen LogP contribution is 2.24. The van der Waals surface area contributed by atoms with E-state index in [0.29, 0.717) is 17.2 Å². The summed E-state index contributed by atoms with van der Waals surface area (Å²) in [6.07, 6.45) is 4.26. The zero-order valence-electron chi connectivity index (χ0n) is 13.3. The monoisotopic (exact) mass is 330 g/mol. The van der Waals surface area contributed by atoms with Gasteiger partial charge in [-0.2, -0.15) is 0 Å². The summed E-state index contributed by atoms with van der Waals surface area (Å²) in [5.74, 6) is 0. The summed E-state index contributed by atoms with van der Waals surface area (Å²) in [7, 11) is 0. The Morgan fingerprint density at radius 2 is 1.87 bits per heavy atom. The standard InChI is InChI=1S/C16H18N4O2S/c1-9-8-12(14(17)23)10(2)11(3)13(9)20-15(21)18-6-4-5-7-19(18)16(20)22/h4,6,8H,5,7H2,1-3H3,(H2,17,23). The van der Waals surface area contributed by atoms with E-state index in [1.165, 1.54) is 13.9 Å². The Morgan fingerprint density at radius 3 is 2.48 bits per heavy atom. The molecule has 2 heterocycles. The van der Waals surface area contributed by atoms with Gasteiger partial charge >= 0.3 is 11.4 Å². The normalized spacial score (nSPS) is 13.2. The Morgan fingerprint density at radius 1 is 1.17 bits per heavy atom. The first-order valence-electron chi connectivity index (χ1n) is 7.36. The number of fused-ring (bicyclic) bond motifs is 1. The third-order valence-corrected chi connectivity index (χ3v) is 4.58. The molecule has 0 bridgehead atoms. The van der Waals surface area contributed by atoms with Crippen molar-refractivity contribution in [2.75, 3.05) is 0 Å². The lowest BCUT2D eigenvalue weighted by atomic mass is 9.97. The number of thiocarbonyl (C=S) groups is 1. The van der Waals surface area contributed by atoms with E-state index in [1.807, 2.05) is 32.9 Å². The second kappa shape index (κ2) is 5.34. The van der Waals surface area contributed by atoms with E-state index in [0.717, 1.165) is 28.7 Å². The Hall–Kier alpha value is -2.41. The SMILES string of the molecule is Cc1cc(C(N)=S)c(C)c(C)c1-n1c(=O)n2n(c1=O)CCC=C2. The lowest BCUT2D eigenvalue weighted by molar-refractivity contribution is 0.531. The minimum Gasteiger partial charge on any atom is -0.389 e. The molecule has 3 rings (SSSR count). The second-order valence-corrected chi connectivity index (χ2v) is 6.19. The van der Waals surface area contributed by atoms with Crippen LogP contribution in [0.4, 0.5) is 0 Å². The molecule has 0 fully saturated rings. The number of nitrogens with zero attached hydrogens (tertiary/aromatic N) is 3. The molecule has 0 saturated carbocycles. The summed E-state index contributed by atoms with van der Waals surface area (Å²) in [5.41, 5.74) is 8.97. The predicted molar refractivity (Wildman–Crippen MR) is 94.3 cm³/mol. The van der Waals surface area contributed by atoms with Gasteiger partial charge in [-0.05, 0) is 49.9 Å². The maximum absolute atomic E-state index is 12.7. The van der Waals surface area contributed by atoms with Gasteiger partial charge in [0.2, 0.25) is 0 Å². The van der Waals surface area contributed by atoms with Crippen LogP contribution in [-0.2, 0) is 6.54 Å². The largest absolute Gasteiger partial charge is 0.389 e. The number of nitrogens with two attached hydrogens (primary N) is 1. The molecule has 120 valence electrons. The van der Waals surface area contributed by atoms with Crippen LogP contribution in [0.5, 0.6) is 0 Å². The topological polar surface area (TPSA) is 74.9 Å². The number of aromatic nitrogens is 3. The molecule has 0 radical (unpaired) electrons. The molecule has 1 aliphatic rings. The van der Waals surface area contributed by atoms with Crippen molar-refractivity contribution in [1.82, 2.24) is 13.9 Å². The van der Waals surface area contributed by atoms with Gasteiger partial charge < -0.3 is 5.73 Å². The van der Waals surface area contributed by atoms with Crippen LogP contribution in [0.3, 0.4) is 0 Å². The van der Waals surface area contributed by atoms with Crippen molar-refractivity contribution in [2.45, 2.75) is 33.7 Å². The highest BCUT2D eigenvalue weighted by atomic mass is 32.1. The minimum absolute atomic E-state index is 0.309. The van der Waals surface area contributed by atoms with Gasteiger partial charge in [0.15, 0.2) is 0 Å². The maximum atomic E-state index is 12.7. The molecular formula is C16H18N4O2S. The Kier molecular flexibility index (Phi) is 3.60. The molecule has 0 amide bonds. The number of hydrogen-bond donors (Lipinski definition) is 1. The van der Waals surface area contributed by atoms with Gasteiger partial charge in [0, 0.05) is 18.3 Å². The molecule has 2 aromatic rings. The first-order chi connectivity index (χ1) is 10.8. The van der Waals surface area contributed by atoms with E-state index >= 15 is 0 Å². The third kappa shape index (κ3) is 2.19. The summed E-state index contributed by atoms with van der Waals surface area (Å²) in [5, 5.41) is 0. The summed E-state index contributed by atoms with van der Waals surface area (Å²) in [4.78, 5) is 25.7. The lowest BCUT2D eigenvalue weighted by Crippen LogP contribution is -2.29.